The summed E-state index contributed by atoms with van der Waals surface area (Å²) in [5.74, 6) is -0.160. The van der Waals surface area contributed by atoms with Crippen LogP contribution in [0.3, 0.4) is 0 Å². The fraction of sp³-hybridized carbons (Fsp3) is 0.438. The van der Waals surface area contributed by atoms with Crippen LogP contribution in [-0.2, 0) is 21.2 Å². The van der Waals surface area contributed by atoms with Crippen LogP contribution in [0.15, 0.2) is 29.2 Å². The fourth-order valence-corrected chi connectivity index (χ4v) is 3.46. The topological polar surface area (TPSA) is 125 Å². The average molecular weight is 382 g/mol. The molecule has 3 N–H and O–H groups in total. The monoisotopic (exact) mass is 382 g/mol. The highest BCUT2D eigenvalue weighted by Crippen LogP contribution is 2.12. The van der Waals surface area contributed by atoms with Gasteiger partial charge in [-0.2, -0.15) is 0 Å². The first-order valence-corrected chi connectivity index (χ1v) is 9.73. The molecule has 0 atom stereocenters. The molecule has 0 spiro atoms. The van der Waals surface area contributed by atoms with E-state index in [1.165, 1.54) is 24.1 Å². The number of hydrogen-bond acceptors (Lipinski definition) is 5. The number of nitrogens with one attached hydrogen (secondary N) is 3. The maximum atomic E-state index is 12.0. The van der Waals surface area contributed by atoms with Gasteiger partial charge >= 0.3 is 12.1 Å². The van der Waals surface area contributed by atoms with Crippen LogP contribution in [0.2, 0.25) is 0 Å². The molecule has 5 amide bonds. The van der Waals surface area contributed by atoms with Crippen LogP contribution in [0.1, 0.15) is 24.8 Å². The Hall–Kier alpha value is -2.62. The summed E-state index contributed by atoms with van der Waals surface area (Å²) in [4.78, 5) is 36.0. The molecule has 0 saturated carbocycles. The van der Waals surface area contributed by atoms with Crippen molar-refractivity contribution in [1.29, 1.82) is 0 Å². The molecule has 9 nitrogen and oxygen atoms in total. The van der Waals surface area contributed by atoms with Gasteiger partial charge in [0, 0.05) is 26.6 Å². The van der Waals surface area contributed by atoms with Gasteiger partial charge in [-0.25, -0.2) is 22.7 Å². The highest BCUT2D eigenvalue weighted by Gasteiger charge is 2.23. The largest absolute Gasteiger partial charge is 0.340 e. The van der Waals surface area contributed by atoms with E-state index in [9.17, 15) is 22.8 Å². The van der Waals surface area contributed by atoms with E-state index < -0.39 is 22.1 Å². The van der Waals surface area contributed by atoms with E-state index in [4.69, 9.17) is 0 Å². The summed E-state index contributed by atoms with van der Waals surface area (Å²) < 4.78 is 25.8. The van der Waals surface area contributed by atoms with Crippen molar-refractivity contribution >= 4 is 28.0 Å². The highest BCUT2D eigenvalue weighted by molar-refractivity contribution is 7.90. The minimum atomic E-state index is -3.92. The van der Waals surface area contributed by atoms with Crippen LogP contribution < -0.4 is 15.4 Å². The maximum Gasteiger partial charge on any atom is 0.328 e. The molecule has 0 radical (unpaired) electrons. The van der Waals surface area contributed by atoms with Crippen molar-refractivity contribution in [1.82, 2.24) is 20.3 Å². The molecule has 26 heavy (non-hydrogen) atoms. The van der Waals surface area contributed by atoms with Crippen molar-refractivity contribution in [3.05, 3.63) is 29.8 Å². The molecule has 0 unspecified atom stereocenters. The van der Waals surface area contributed by atoms with Crippen molar-refractivity contribution < 1.29 is 22.8 Å². The number of amides is 5. The van der Waals surface area contributed by atoms with Gasteiger partial charge in [-0.3, -0.25) is 9.69 Å². The van der Waals surface area contributed by atoms with Gasteiger partial charge in [-0.1, -0.05) is 12.1 Å². The van der Waals surface area contributed by atoms with Crippen molar-refractivity contribution in [2.75, 3.05) is 20.1 Å². The summed E-state index contributed by atoms with van der Waals surface area (Å²) >= 11 is 0. The zero-order valence-corrected chi connectivity index (χ0v) is 15.3. The molecular formula is C16H22N4O5S. The predicted molar refractivity (Wildman–Crippen MR) is 93.9 cm³/mol. The lowest BCUT2D eigenvalue weighted by Crippen LogP contribution is -2.46. The average Bonchev–Trinajstić information content (AvgIpc) is 2.62. The number of carbonyl (C=O) groups excluding carboxylic acids is 3. The normalized spacial score (nSPS) is 14.7. The van der Waals surface area contributed by atoms with E-state index in [2.05, 4.69) is 10.6 Å². The molecule has 142 valence electrons. The van der Waals surface area contributed by atoms with Crippen molar-refractivity contribution in [3.63, 3.8) is 0 Å². The van der Waals surface area contributed by atoms with E-state index >= 15 is 0 Å². The van der Waals surface area contributed by atoms with Crippen molar-refractivity contribution in [3.8, 4) is 0 Å². The number of imide groups is 1. The van der Waals surface area contributed by atoms with E-state index in [0.29, 0.717) is 25.9 Å². The number of urea groups is 2. The van der Waals surface area contributed by atoms with E-state index in [-0.39, 0.29) is 10.8 Å². The van der Waals surface area contributed by atoms with Crippen LogP contribution in [0.4, 0.5) is 9.59 Å². The molecule has 1 aromatic rings. The number of benzene rings is 1. The van der Waals surface area contributed by atoms with Crippen molar-refractivity contribution in [2.45, 2.75) is 30.6 Å². The van der Waals surface area contributed by atoms with Crippen LogP contribution in [-0.4, -0.2) is 51.4 Å². The van der Waals surface area contributed by atoms with Crippen LogP contribution in [0, 0.1) is 0 Å². The third kappa shape index (κ3) is 5.19. The number of carbonyl (C=O) groups is 3. The first kappa shape index (κ1) is 19.7. The molecule has 0 aromatic heterocycles. The Kier molecular flexibility index (Phi) is 6.56. The first-order chi connectivity index (χ1) is 12.3. The summed E-state index contributed by atoms with van der Waals surface area (Å²) in [6.07, 6.45) is 2.51. The Morgan fingerprint density at radius 1 is 1.15 bits per heavy atom. The van der Waals surface area contributed by atoms with E-state index in [1.54, 1.807) is 12.1 Å². The quantitative estimate of drug-likeness (QED) is 0.687. The summed E-state index contributed by atoms with van der Waals surface area (Å²) in [5, 5.41) is 4.87. The zero-order chi connectivity index (χ0) is 19.2. The molecule has 2 rings (SSSR count). The number of hydrogen-bond donors (Lipinski definition) is 3. The summed E-state index contributed by atoms with van der Waals surface area (Å²) in [7, 11) is -2.60. The Morgan fingerprint density at radius 2 is 1.85 bits per heavy atom. The van der Waals surface area contributed by atoms with Gasteiger partial charge in [-0.05, 0) is 37.0 Å². The van der Waals surface area contributed by atoms with Gasteiger partial charge in [0.2, 0.25) is 5.91 Å². The molecule has 1 aliphatic heterocycles. The van der Waals surface area contributed by atoms with Gasteiger partial charge in [0.05, 0.1) is 4.90 Å². The zero-order valence-electron chi connectivity index (χ0n) is 14.4. The second-order valence-electron chi connectivity index (χ2n) is 5.81. The number of sulfonamides is 1. The lowest BCUT2D eigenvalue weighted by Gasteiger charge is -2.24. The van der Waals surface area contributed by atoms with Gasteiger partial charge in [0.15, 0.2) is 0 Å². The molecule has 0 bridgehead atoms. The number of piperidine rings is 1. The number of rotatable bonds is 5. The maximum absolute atomic E-state index is 12.0. The lowest BCUT2D eigenvalue weighted by molar-refractivity contribution is -0.130. The third-order valence-electron chi connectivity index (χ3n) is 3.95. The molecular weight excluding hydrogens is 360 g/mol. The predicted octanol–water partition coefficient (Wildman–Crippen LogP) is 0.569. The molecule has 1 aliphatic rings. The fourth-order valence-electron chi connectivity index (χ4n) is 2.50. The van der Waals surface area contributed by atoms with Crippen molar-refractivity contribution in [2.24, 2.45) is 0 Å². The minimum Gasteiger partial charge on any atom is -0.340 e. The van der Waals surface area contributed by atoms with E-state index in [1.807, 2.05) is 4.72 Å². The first-order valence-electron chi connectivity index (χ1n) is 8.25. The summed E-state index contributed by atoms with van der Waals surface area (Å²) in [6, 6.07) is 4.77. The molecule has 1 fully saturated rings. The Bertz CT molecular complexity index is 776. The Labute approximate surface area is 152 Å². The second-order valence-corrected chi connectivity index (χ2v) is 7.50. The number of nitrogens with zero attached hydrogens (tertiary/aromatic N) is 1. The molecule has 10 heteroatoms. The summed E-state index contributed by atoms with van der Waals surface area (Å²) in [5.41, 5.74) is 0.814. The Morgan fingerprint density at radius 3 is 2.46 bits per heavy atom. The number of likely N-dealkylation sites (tertiary alicyclic amines) is 1. The van der Waals surface area contributed by atoms with Gasteiger partial charge < -0.3 is 10.6 Å². The van der Waals surface area contributed by atoms with Crippen LogP contribution >= 0.6 is 0 Å². The lowest BCUT2D eigenvalue weighted by atomic mass is 10.1. The van der Waals surface area contributed by atoms with E-state index in [0.717, 1.165) is 18.4 Å². The van der Waals surface area contributed by atoms with Gasteiger partial charge in [0.1, 0.15) is 0 Å². The SMILES string of the molecule is CNC(=O)NS(=O)(=O)c1ccc(CCNC(=O)N2CCCCC2=O)cc1. The molecule has 1 heterocycles. The molecule has 1 saturated heterocycles. The Balaban J connectivity index is 1.86. The minimum absolute atomic E-state index is 0.0344. The highest BCUT2D eigenvalue weighted by atomic mass is 32.2. The second kappa shape index (κ2) is 8.65. The molecule has 0 aliphatic carbocycles. The van der Waals surface area contributed by atoms with Crippen LogP contribution in [0.5, 0.6) is 0 Å². The summed E-state index contributed by atoms with van der Waals surface area (Å²) in [6.45, 7) is 0.765. The third-order valence-corrected chi connectivity index (χ3v) is 5.29. The smallest absolute Gasteiger partial charge is 0.328 e. The standard InChI is InChI=1S/C16H22N4O5S/c1-17-15(22)19-26(24,25)13-7-5-12(6-8-13)9-10-18-16(23)20-11-3-2-4-14(20)21/h5-8H,2-4,9-11H2,1H3,(H,18,23)(H2,17,19,22). The van der Waals surface area contributed by atoms with Crippen LogP contribution in [0.25, 0.3) is 0 Å². The van der Waals surface area contributed by atoms with Gasteiger partial charge in [-0.15, -0.1) is 0 Å². The van der Waals surface area contributed by atoms with Gasteiger partial charge in [0.25, 0.3) is 10.0 Å². The molecule has 1 aromatic carbocycles.